The summed E-state index contributed by atoms with van der Waals surface area (Å²) in [5.41, 5.74) is 0. The molecule has 0 unspecified atom stereocenters. The lowest BCUT2D eigenvalue weighted by Gasteiger charge is -2.28. The zero-order valence-corrected chi connectivity index (χ0v) is 20.8. The second-order valence-electron chi connectivity index (χ2n) is 9.61. The van der Waals surface area contributed by atoms with Crippen LogP contribution in [0.3, 0.4) is 0 Å². The van der Waals surface area contributed by atoms with Gasteiger partial charge in [-0.3, -0.25) is 14.7 Å². The molecule has 0 aliphatic heterocycles. The smallest absolute Gasteiger partial charge is 0.0512 e. The summed E-state index contributed by atoms with van der Waals surface area (Å²) in [7, 11) is 8.48. The number of hydrogen-bond acceptors (Lipinski definition) is 3. The van der Waals surface area contributed by atoms with Crippen molar-refractivity contribution in [2.45, 2.75) is 19.8 Å². The summed E-state index contributed by atoms with van der Waals surface area (Å²) in [6.45, 7) is 5.55. The van der Waals surface area contributed by atoms with Crippen molar-refractivity contribution in [3.05, 3.63) is 72.8 Å². The van der Waals surface area contributed by atoms with E-state index in [1.807, 2.05) is 0 Å². The molecule has 0 atom stereocenters. The van der Waals surface area contributed by atoms with Crippen LogP contribution >= 0.6 is 0 Å². The van der Waals surface area contributed by atoms with Gasteiger partial charge in [-0.2, -0.15) is 0 Å². The number of benzene rings is 5. The van der Waals surface area contributed by atoms with Gasteiger partial charge in [-0.05, 0) is 77.7 Å². The van der Waals surface area contributed by atoms with Gasteiger partial charge in [0.15, 0.2) is 0 Å². The minimum Gasteiger partial charge on any atom is -0.297 e. The van der Waals surface area contributed by atoms with Crippen molar-refractivity contribution in [3.8, 4) is 0 Å². The molecule has 0 spiro atoms. The van der Waals surface area contributed by atoms with Crippen LogP contribution in [-0.4, -0.2) is 62.8 Å². The molecule has 3 nitrogen and oxygen atoms in total. The molecule has 172 valence electrons. The Balaban J connectivity index is 0.000000176. The van der Waals surface area contributed by atoms with E-state index in [0.29, 0.717) is 0 Å². The van der Waals surface area contributed by atoms with E-state index >= 15 is 0 Å². The van der Waals surface area contributed by atoms with Crippen molar-refractivity contribution in [2.24, 2.45) is 0 Å². The van der Waals surface area contributed by atoms with E-state index in [-0.39, 0.29) is 0 Å². The molecule has 0 saturated carbocycles. The first-order valence-corrected chi connectivity index (χ1v) is 12.1. The van der Waals surface area contributed by atoms with Gasteiger partial charge in [-0.1, -0.05) is 86.1 Å². The van der Waals surface area contributed by atoms with Crippen LogP contribution in [0.25, 0.3) is 43.1 Å². The van der Waals surface area contributed by atoms with Gasteiger partial charge in [0.25, 0.3) is 0 Å². The van der Waals surface area contributed by atoms with Gasteiger partial charge < -0.3 is 0 Å². The Kier molecular flexibility index (Phi) is 7.44. The summed E-state index contributed by atoms with van der Waals surface area (Å²) in [5, 5.41) is 10.9. The molecule has 0 bridgehead atoms. The molecular formula is C30H37N3. The fourth-order valence-electron chi connectivity index (χ4n) is 4.95. The molecule has 0 amide bonds. The molecule has 3 heteroatoms. The van der Waals surface area contributed by atoms with Crippen LogP contribution in [0.1, 0.15) is 19.8 Å². The normalized spacial score (nSPS) is 12.0. The molecule has 0 heterocycles. The Hall–Kier alpha value is -2.72. The van der Waals surface area contributed by atoms with Gasteiger partial charge in [0, 0.05) is 6.54 Å². The molecule has 5 rings (SSSR count). The Labute approximate surface area is 198 Å². The minimum atomic E-state index is 1.05. The lowest BCUT2D eigenvalue weighted by atomic mass is 9.90. The Morgan fingerprint density at radius 1 is 0.545 bits per heavy atom. The second kappa shape index (κ2) is 10.5. The molecule has 0 N–H and O–H groups in total. The summed E-state index contributed by atoms with van der Waals surface area (Å²) in [6.07, 6.45) is 2.57. The maximum atomic E-state index is 2.46. The van der Waals surface area contributed by atoms with E-state index in [0.717, 1.165) is 13.3 Å². The summed E-state index contributed by atoms with van der Waals surface area (Å²) in [6, 6.07) is 26.4. The number of nitrogens with zero attached hydrogens (tertiary/aromatic N) is 3. The third kappa shape index (κ3) is 5.11. The lowest BCUT2D eigenvalue weighted by molar-refractivity contribution is 0.117. The van der Waals surface area contributed by atoms with Gasteiger partial charge >= 0.3 is 0 Å². The molecule has 0 fully saturated rings. The second-order valence-corrected chi connectivity index (χ2v) is 9.61. The van der Waals surface area contributed by atoms with Crippen molar-refractivity contribution in [3.63, 3.8) is 0 Å². The predicted molar refractivity (Wildman–Crippen MR) is 146 cm³/mol. The van der Waals surface area contributed by atoms with Crippen LogP contribution in [0.2, 0.25) is 0 Å². The first-order chi connectivity index (χ1) is 16.0. The molecule has 5 aromatic rings. The predicted octanol–water partition coefficient (Wildman–Crippen LogP) is 6.86. The van der Waals surface area contributed by atoms with Gasteiger partial charge in [-0.15, -0.1) is 0 Å². The van der Waals surface area contributed by atoms with Crippen LogP contribution in [0.15, 0.2) is 72.8 Å². The maximum absolute atomic E-state index is 2.46. The topological polar surface area (TPSA) is 9.72 Å². The van der Waals surface area contributed by atoms with Crippen molar-refractivity contribution < 1.29 is 0 Å². The Bertz CT molecular complexity index is 1140. The quantitative estimate of drug-likeness (QED) is 0.156. The molecule has 0 aliphatic rings. The fourth-order valence-corrected chi connectivity index (χ4v) is 4.95. The summed E-state index contributed by atoms with van der Waals surface area (Å²) >= 11 is 0. The number of hydrogen-bond donors (Lipinski definition) is 0. The number of unbranched alkanes of at least 4 members (excludes halogenated alkanes) is 1. The Morgan fingerprint density at radius 3 is 1.21 bits per heavy atom. The zero-order valence-electron chi connectivity index (χ0n) is 20.8. The highest BCUT2D eigenvalue weighted by Crippen LogP contribution is 2.39. The van der Waals surface area contributed by atoms with Crippen LogP contribution in [0.5, 0.6) is 0 Å². The fraction of sp³-hybridized carbons (Fsp3) is 0.333. The zero-order chi connectivity index (χ0) is 23.4. The van der Waals surface area contributed by atoms with Crippen LogP contribution < -0.4 is 0 Å². The summed E-state index contributed by atoms with van der Waals surface area (Å²) < 4.78 is 0. The Morgan fingerprint density at radius 2 is 0.909 bits per heavy atom. The third-order valence-electron chi connectivity index (χ3n) is 6.18. The SMILES string of the molecule is CCCCN(CN(C)C)CN(C)C.c1cc2cccc3c4cccc5cccc(c(c1)c23)c54. The molecule has 0 aliphatic carbocycles. The van der Waals surface area contributed by atoms with E-state index < -0.39 is 0 Å². The standard InChI is InChI=1S/C20H12.C10H25N3/c1-5-13-6-2-11-17-18-12-4-8-14-7-3-10-16(20(14)18)15(9-1)19(13)17;1-6-7-8-13(9-11(2)3)10-12(4)5/h1-12H;6-10H2,1-5H3. The summed E-state index contributed by atoms with van der Waals surface area (Å²) in [5.74, 6) is 0. The van der Waals surface area contributed by atoms with Gasteiger partial charge in [0.2, 0.25) is 0 Å². The first kappa shape index (κ1) is 23.4. The molecule has 33 heavy (non-hydrogen) atoms. The molecule has 0 radical (unpaired) electrons. The number of fused-ring (bicyclic) bond motifs is 2. The summed E-state index contributed by atoms with van der Waals surface area (Å²) in [4.78, 5) is 6.90. The molecule has 0 aromatic heterocycles. The largest absolute Gasteiger partial charge is 0.297 e. The monoisotopic (exact) mass is 439 g/mol. The maximum Gasteiger partial charge on any atom is 0.0512 e. The van der Waals surface area contributed by atoms with Gasteiger partial charge in [-0.25, -0.2) is 0 Å². The highest BCUT2D eigenvalue weighted by atomic mass is 15.4. The van der Waals surface area contributed by atoms with Crippen molar-refractivity contribution in [1.29, 1.82) is 0 Å². The molecular weight excluding hydrogens is 402 g/mol. The first-order valence-electron chi connectivity index (χ1n) is 12.1. The van der Waals surface area contributed by atoms with Gasteiger partial charge in [0.05, 0.1) is 13.3 Å². The van der Waals surface area contributed by atoms with Crippen molar-refractivity contribution in [2.75, 3.05) is 48.1 Å². The van der Waals surface area contributed by atoms with Crippen LogP contribution in [-0.2, 0) is 0 Å². The average molecular weight is 440 g/mol. The van der Waals surface area contributed by atoms with Crippen LogP contribution in [0.4, 0.5) is 0 Å². The number of rotatable bonds is 7. The van der Waals surface area contributed by atoms with E-state index in [1.54, 1.807) is 0 Å². The van der Waals surface area contributed by atoms with E-state index in [1.165, 1.54) is 62.5 Å². The highest BCUT2D eigenvalue weighted by Gasteiger charge is 2.11. The highest BCUT2D eigenvalue weighted by molar-refractivity contribution is 6.32. The third-order valence-corrected chi connectivity index (χ3v) is 6.18. The van der Waals surface area contributed by atoms with E-state index in [9.17, 15) is 0 Å². The molecule has 5 aromatic carbocycles. The van der Waals surface area contributed by atoms with Crippen molar-refractivity contribution in [1.82, 2.24) is 14.7 Å². The van der Waals surface area contributed by atoms with Crippen LogP contribution in [0, 0.1) is 0 Å². The minimum absolute atomic E-state index is 1.05. The van der Waals surface area contributed by atoms with E-state index in [2.05, 4.69) is 123 Å². The van der Waals surface area contributed by atoms with Crippen molar-refractivity contribution >= 4 is 43.1 Å². The lowest BCUT2D eigenvalue weighted by Crippen LogP contribution is -2.40. The average Bonchev–Trinajstić information content (AvgIpc) is 2.80. The van der Waals surface area contributed by atoms with E-state index in [4.69, 9.17) is 0 Å². The molecule has 0 saturated heterocycles. The van der Waals surface area contributed by atoms with Gasteiger partial charge in [0.1, 0.15) is 0 Å².